The highest BCUT2D eigenvalue weighted by atomic mass is 16.5. The molecule has 2 aromatic rings. The molecule has 0 spiro atoms. The van der Waals surface area contributed by atoms with E-state index in [1.54, 1.807) is 7.11 Å². The number of aliphatic imine (C=N–C) groups is 1. The van der Waals surface area contributed by atoms with Crippen molar-refractivity contribution in [1.29, 1.82) is 0 Å². The van der Waals surface area contributed by atoms with Crippen molar-refractivity contribution in [3.8, 4) is 5.75 Å². The lowest BCUT2D eigenvalue weighted by Gasteiger charge is -2.17. The number of benzene rings is 2. The van der Waals surface area contributed by atoms with E-state index in [2.05, 4.69) is 40.7 Å². The zero-order valence-corrected chi connectivity index (χ0v) is 18.0. The van der Waals surface area contributed by atoms with Gasteiger partial charge in [0.2, 0.25) is 5.91 Å². The van der Waals surface area contributed by atoms with Crippen LogP contribution in [0.4, 0.5) is 5.69 Å². The first kappa shape index (κ1) is 21.7. The molecule has 0 fully saturated rings. The van der Waals surface area contributed by atoms with E-state index in [1.807, 2.05) is 35.2 Å². The number of fused-ring (bicyclic) bond motifs is 1. The summed E-state index contributed by atoms with van der Waals surface area (Å²) >= 11 is 0. The molecule has 1 amide bonds. The van der Waals surface area contributed by atoms with E-state index in [0.717, 1.165) is 56.3 Å². The molecule has 1 aliphatic heterocycles. The summed E-state index contributed by atoms with van der Waals surface area (Å²) in [5.74, 6) is 1.85. The quantitative estimate of drug-likeness (QED) is 0.380. The van der Waals surface area contributed by atoms with Crippen LogP contribution in [0.3, 0.4) is 0 Å². The maximum absolute atomic E-state index is 12.6. The zero-order valence-electron chi connectivity index (χ0n) is 18.0. The van der Waals surface area contributed by atoms with Crippen LogP contribution < -0.4 is 20.3 Å². The molecule has 2 N–H and O–H groups in total. The number of hydrogen-bond donors (Lipinski definition) is 2. The van der Waals surface area contributed by atoms with Crippen molar-refractivity contribution < 1.29 is 9.53 Å². The zero-order chi connectivity index (χ0) is 21.2. The number of carbonyl (C=O) groups excluding carboxylic acids is 1. The molecule has 1 aliphatic rings. The van der Waals surface area contributed by atoms with Gasteiger partial charge in [0.25, 0.3) is 0 Å². The van der Waals surface area contributed by atoms with Gasteiger partial charge in [-0.05, 0) is 55.5 Å². The molecule has 1 heterocycles. The molecule has 0 saturated heterocycles. The van der Waals surface area contributed by atoms with Gasteiger partial charge in [0.1, 0.15) is 5.75 Å². The molecule has 0 saturated carbocycles. The van der Waals surface area contributed by atoms with Crippen LogP contribution in [0, 0.1) is 0 Å². The lowest BCUT2D eigenvalue weighted by Crippen LogP contribution is -2.38. The topological polar surface area (TPSA) is 66.0 Å². The molecular formula is C24H32N4O2. The van der Waals surface area contributed by atoms with Crippen LogP contribution in [0.5, 0.6) is 5.75 Å². The number of nitrogens with one attached hydrogen (secondary N) is 2. The molecule has 6 nitrogen and oxygen atoms in total. The predicted molar refractivity (Wildman–Crippen MR) is 122 cm³/mol. The van der Waals surface area contributed by atoms with E-state index in [-0.39, 0.29) is 5.91 Å². The first-order valence-corrected chi connectivity index (χ1v) is 10.7. The number of ether oxygens (including phenoxy) is 1. The van der Waals surface area contributed by atoms with Crippen molar-refractivity contribution in [2.75, 3.05) is 38.2 Å². The molecule has 6 heteroatoms. The minimum atomic E-state index is 0.188. The van der Waals surface area contributed by atoms with Crippen molar-refractivity contribution >= 4 is 17.6 Å². The van der Waals surface area contributed by atoms with Crippen molar-refractivity contribution in [2.45, 2.75) is 32.6 Å². The Kier molecular flexibility index (Phi) is 8.12. The van der Waals surface area contributed by atoms with Gasteiger partial charge >= 0.3 is 0 Å². The van der Waals surface area contributed by atoms with Crippen LogP contribution in [-0.4, -0.2) is 45.2 Å². The van der Waals surface area contributed by atoms with Gasteiger partial charge in [0.05, 0.1) is 7.11 Å². The Hall–Kier alpha value is -3.02. The lowest BCUT2D eigenvalue weighted by molar-refractivity contribution is -0.118. The molecule has 3 rings (SSSR count). The van der Waals surface area contributed by atoms with E-state index in [0.29, 0.717) is 13.0 Å². The molecule has 160 valence electrons. The molecule has 0 aliphatic carbocycles. The van der Waals surface area contributed by atoms with Crippen LogP contribution in [0.15, 0.2) is 53.5 Å². The highest BCUT2D eigenvalue weighted by molar-refractivity contribution is 5.95. The number of para-hydroxylation sites is 1. The third-order valence-electron chi connectivity index (χ3n) is 5.22. The van der Waals surface area contributed by atoms with Gasteiger partial charge in [-0.25, -0.2) is 0 Å². The van der Waals surface area contributed by atoms with Crippen molar-refractivity contribution in [1.82, 2.24) is 10.6 Å². The second kappa shape index (κ2) is 11.2. The smallest absolute Gasteiger partial charge is 0.227 e. The van der Waals surface area contributed by atoms with E-state index in [1.165, 1.54) is 11.1 Å². The first-order chi connectivity index (χ1) is 14.7. The average molecular weight is 409 g/mol. The highest BCUT2D eigenvalue weighted by Gasteiger charge is 2.23. The van der Waals surface area contributed by atoms with E-state index >= 15 is 0 Å². The lowest BCUT2D eigenvalue weighted by atomic mass is 10.1. The van der Waals surface area contributed by atoms with Gasteiger partial charge in [-0.15, -0.1) is 0 Å². The first-order valence-electron chi connectivity index (χ1n) is 10.7. The Morgan fingerprint density at radius 3 is 2.70 bits per heavy atom. The fourth-order valence-corrected chi connectivity index (χ4v) is 3.61. The van der Waals surface area contributed by atoms with Crippen molar-refractivity contribution in [3.63, 3.8) is 0 Å². The van der Waals surface area contributed by atoms with Crippen LogP contribution in [0.2, 0.25) is 0 Å². The molecule has 0 aromatic heterocycles. The molecule has 0 bridgehead atoms. The monoisotopic (exact) mass is 408 g/mol. The second-order valence-electron chi connectivity index (χ2n) is 7.31. The van der Waals surface area contributed by atoms with Gasteiger partial charge in [0, 0.05) is 38.3 Å². The fourth-order valence-electron chi connectivity index (χ4n) is 3.61. The predicted octanol–water partition coefficient (Wildman–Crippen LogP) is 3.16. The second-order valence-corrected chi connectivity index (χ2v) is 7.31. The summed E-state index contributed by atoms with van der Waals surface area (Å²) < 4.78 is 5.19. The third-order valence-corrected chi connectivity index (χ3v) is 5.22. The van der Waals surface area contributed by atoms with Gasteiger partial charge in [-0.1, -0.05) is 30.3 Å². The highest BCUT2D eigenvalue weighted by Crippen LogP contribution is 2.28. The van der Waals surface area contributed by atoms with E-state index in [4.69, 9.17) is 4.74 Å². The van der Waals surface area contributed by atoms with Gasteiger partial charge in [-0.2, -0.15) is 0 Å². The van der Waals surface area contributed by atoms with Crippen LogP contribution >= 0.6 is 0 Å². The van der Waals surface area contributed by atoms with Gasteiger partial charge in [-0.3, -0.25) is 9.79 Å². The number of amides is 1. The molecule has 2 aromatic carbocycles. The number of nitrogens with zero attached hydrogens (tertiary/aromatic N) is 2. The largest absolute Gasteiger partial charge is 0.497 e. The SMILES string of the molecule is CCNC(=NCCCC(=O)N1CCc2ccccc21)NCCc1ccc(OC)cc1. The van der Waals surface area contributed by atoms with Gasteiger partial charge in [0.15, 0.2) is 5.96 Å². The van der Waals surface area contributed by atoms with Crippen LogP contribution in [0.25, 0.3) is 0 Å². The summed E-state index contributed by atoms with van der Waals surface area (Å²) in [4.78, 5) is 19.1. The third kappa shape index (κ3) is 5.99. The summed E-state index contributed by atoms with van der Waals surface area (Å²) in [7, 11) is 1.67. The Morgan fingerprint density at radius 1 is 1.13 bits per heavy atom. The number of carbonyl (C=O) groups is 1. The van der Waals surface area contributed by atoms with Crippen LogP contribution in [0.1, 0.15) is 30.9 Å². The average Bonchev–Trinajstić information content (AvgIpc) is 3.21. The summed E-state index contributed by atoms with van der Waals surface area (Å²) in [5, 5.41) is 6.63. The summed E-state index contributed by atoms with van der Waals surface area (Å²) in [6, 6.07) is 16.3. The number of methoxy groups -OCH3 is 1. The fraction of sp³-hybridized carbons (Fsp3) is 0.417. The molecular weight excluding hydrogens is 376 g/mol. The minimum Gasteiger partial charge on any atom is -0.497 e. The standard InChI is InChI=1S/C24H32N4O2/c1-3-25-24(27-17-14-19-10-12-21(30-2)13-11-19)26-16-6-9-23(29)28-18-15-20-7-4-5-8-22(20)28/h4-5,7-8,10-13H,3,6,9,14-18H2,1-2H3,(H2,25,26,27). The molecule has 0 unspecified atom stereocenters. The minimum absolute atomic E-state index is 0.188. The maximum atomic E-state index is 12.6. The Balaban J connectivity index is 1.41. The summed E-state index contributed by atoms with van der Waals surface area (Å²) in [6.07, 6.45) is 3.11. The van der Waals surface area contributed by atoms with Gasteiger partial charge < -0.3 is 20.3 Å². The van der Waals surface area contributed by atoms with Crippen LogP contribution in [-0.2, 0) is 17.6 Å². The van der Waals surface area contributed by atoms with E-state index < -0.39 is 0 Å². The maximum Gasteiger partial charge on any atom is 0.227 e. The Labute approximate surface area is 179 Å². The summed E-state index contributed by atoms with van der Waals surface area (Å²) in [5.41, 5.74) is 3.58. The molecule has 30 heavy (non-hydrogen) atoms. The number of guanidine groups is 1. The molecule has 0 atom stereocenters. The Bertz CT molecular complexity index is 849. The van der Waals surface area contributed by atoms with E-state index in [9.17, 15) is 4.79 Å². The Morgan fingerprint density at radius 2 is 1.93 bits per heavy atom. The summed E-state index contributed by atoms with van der Waals surface area (Å²) in [6.45, 7) is 5.06. The normalized spacial score (nSPS) is 13.1. The molecule has 0 radical (unpaired) electrons. The number of anilines is 1. The van der Waals surface area contributed by atoms with Crippen molar-refractivity contribution in [2.24, 2.45) is 4.99 Å². The number of rotatable bonds is 9. The number of hydrogen-bond acceptors (Lipinski definition) is 3. The van der Waals surface area contributed by atoms with Crippen molar-refractivity contribution in [3.05, 3.63) is 59.7 Å².